The van der Waals surface area contributed by atoms with Gasteiger partial charge in [0.15, 0.2) is 0 Å². The molecule has 0 aromatic rings. The maximum absolute atomic E-state index is 12.0. The molecule has 1 fully saturated rings. The van der Waals surface area contributed by atoms with Crippen molar-refractivity contribution in [1.29, 1.82) is 0 Å². The van der Waals surface area contributed by atoms with Crippen molar-refractivity contribution in [2.24, 2.45) is 5.92 Å². The quantitative estimate of drug-likeness (QED) is 0.704. The lowest BCUT2D eigenvalue weighted by atomic mass is 9.95. The largest absolute Gasteiger partial charge is 0.481 e. The summed E-state index contributed by atoms with van der Waals surface area (Å²) in [5, 5.41) is 15.2. The normalized spacial score (nSPS) is 24.2. The minimum atomic E-state index is -0.886. The number of aliphatic carboxylic acids is 1. The fourth-order valence-electron chi connectivity index (χ4n) is 2.56. The second kappa shape index (κ2) is 8.39. The molecule has 0 aromatic carbocycles. The van der Waals surface area contributed by atoms with Gasteiger partial charge in [-0.3, -0.25) is 4.79 Å². The SMILES string of the molecule is CSC1CCCCC1NC(=O)NC(CC(=O)O)C(C)C. The van der Waals surface area contributed by atoms with Gasteiger partial charge in [-0.15, -0.1) is 0 Å². The Labute approximate surface area is 125 Å². The van der Waals surface area contributed by atoms with Crippen LogP contribution in [0.1, 0.15) is 46.0 Å². The van der Waals surface area contributed by atoms with E-state index in [1.165, 1.54) is 6.42 Å². The van der Waals surface area contributed by atoms with Crippen LogP contribution in [0.4, 0.5) is 4.79 Å². The van der Waals surface area contributed by atoms with Gasteiger partial charge in [0.2, 0.25) is 0 Å². The molecule has 0 radical (unpaired) electrons. The van der Waals surface area contributed by atoms with Gasteiger partial charge in [0.1, 0.15) is 0 Å². The minimum Gasteiger partial charge on any atom is -0.481 e. The molecule has 0 aliphatic heterocycles. The van der Waals surface area contributed by atoms with Crippen LogP contribution in [0.3, 0.4) is 0 Å². The van der Waals surface area contributed by atoms with Crippen molar-refractivity contribution in [1.82, 2.24) is 10.6 Å². The molecule has 0 spiro atoms. The molecule has 3 N–H and O–H groups in total. The monoisotopic (exact) mass is 302 g/mol. The smallest absolute Gasteiger partial charge is 0.315 e. The van der Waals surface area contributed by atoms with Gasteiger partial charge < -0.3 is 15.7 Å². The molecule has 5 nitrogen and oxygen atoms in total. The lowest BCUT2D eigenvalue weighted by Gasteiger charge is -2.32. The zero-order chi connectivity index (χ0) is 15.1. The Hall–Kier alpha value is -0.910. The molecule has 1 rings (SSSR count). The van der Waals surface area contributed by atoms with Crippen LogP contribution in [0.25, 0.3) is 0 Å². The minimum absolute atomic E-state index is 0.0400. The van der Waals surface area contributed by atoms with Crippen LogP contribution in [0.5, 0.6) is 0 Å². The number of carbonyl (C=O) groups excluding carboxylic acids is 1. The Bertz CT molecular complexity index is 336. The molecule has 0 saturated heterocycles. The zero-order valence-electron chi connectivity index (χ0n) is 12.5. The molecular formula is C14H26N2O3S. The molecule has 0 bridgehead atoms. The average molecular weight is 302 g/mol. The number of thioether (sulfide) groups is 1. The van der Waals surface area contributed by atoms with Crippen LogP contribution in [0, 0.1) is 5.92 Å². The number of rotatable bonds is 6. The van der Waals surface area contributed by atoms with E-state index in [1.54, 1.807) is 11.8 Å². The van der Waals surface area contributed by atoms with E-state index in [9.17, 15) is 9.59 Å². The Morgan fingerprint density at radius 2 is 1.95 bits per heavy atom. The van der Waals surface area contributed by atoms with Crippen LogP contribution >= 0.6 is 11.8 Å². The summed E-state index contributed by atoms with van der Waals surface area (Å²) >= 11 is 1.80. The van der Waals surface area contributed by atoms with E-state index in [2.05, 4.69) is 16.9 Å². The Kier molecular flexibility index (Phi) is 7.19. The van der Waals surface area contributed by atoms with E-state index >= 15 is 0 Å². The molecule has 3 atom stereocenters. The third-order valence-electron chi connectivity index (χ3n) is 3.84. The number of nitrogens with one attached hydrogen (secondary N) is 2. The highest BCUT2D eigenvalue weighted by atomic mass is 32.2. The van der Waals surface area contributed by atoms with Crippen LogP contribution in [-0.4, -0.2) is 40.7 Å². The zero-order valence-corrected chi connectivity index (χ0v) is 13.3. The maximum Gasteiger partial charge on any atom is 0.315 e. The van der Waals surface area contributed by atoms with Gasteiger partial charge in [0, 0.05) is 17.3 Å². The Morgan fingerprint density at radius 1 is 1.30 bits per heavy atom. The highest BCUT2D eigenvalue weighted by molar-refractivity contribution is 7.99. The van der Waals surface area contributed by atoms with Gasteiger partial charge in [-0.25, -0.2) is 4.79 Å². The number of carboxylic acid groups (broad SMARTS) is 1. The summed E-state index contributed by atoms with van der Waals surface area (Å²) in [6, 6.07) is -0.379. The van der Waals surface area contributed by atoms with E-state index in [0.29, 0.717) is 5.25 Å². The summed E-state index contributed by atoms with van der Waals surface area (Å²) in [6.45, 7) is 3.83. The van der Waals surface area contributed by atoms with Crippen molar-refractivity contribution in [3.05, 3.63) is 0 Å². The van der Waals surface area contributed by atoms with Crippen molar-refractivity contribution in [2.45, 2.75) is 63.3 Å². The Morgan fingerprint density at radius 3 is 2.50 bits per heavy atom. The molecule has 0 aromatic heterocycles. The molecule has 6 heteroatoms. The first-order valence-corrected chi connectivity index (χ1v) is 8.54. The highest BCUT2D eigenvalue weighted by Crippen LogP contribution is 2.27. The molecule has 20 heavy (non-hydrogen) atoms. The summed E-state index contributed by atoms with van der Waals surface area (Å²) in [5.41, 5.74) is 0. The Balaban J connectivity index is 2.49. The van der Waals surface area contributed by atoms with Crippen molar-refractivity contribution in [3.63, 3.8) is 0 Å². The van der Waals surface area contributed by atoms with E-state index in [-0.39, 0.29) is 30.5 Å². The van der Waals surface area contributed by atoms with Crippen LogP contribution in [-0.2, 0) is 4.79 Å². The standard InChI is InChI=1S/C14H26N2O3S/c1-9(2)11(8-13(17)18)16-14(19)15-10-6-4-5-7-12(10)20-3/h9-12H,4-8H2,1-3H3,(H,17,18)(H2,15,16,19). The molecule has 1 saturated carbocycles. The first-order valence-electron chi connectivity index (χ1n) is 7.25. The molecule has 3 unspecified atom stereocenters. The van der Waals surface area contributed by atoms with Crippen LogP contribution < -0.4 is 10.6 Å². The van der Waals surface area contributed by atoms with E-state index in [1.807, 2.05) is 13.8 Å². The number of amides is 2. The van der Waals surface area contributed by atoms with E-state index in [0.717, 1.165) is 19.3 Å². The van der Waals surface area contributed by atoms with Crippen molar-refractivity contribution in [2.75, 3.05) is 6.26 Å². The third-order valence-corrected chi connectivity index (χ3v) is 5.01. The van der Waals surface area contributed by atoms with Crippen molar-refractivity contribution < 1.29 is 14.7 Å². The predicted octanol–water partition coefficient (Wildman–Crippen LogP) is 2.46. The second-order valence-corrected chi connectivity index (χ2v) is 6.81. The summed E-state index contributed by atoms with van der Waals surface area (Å²) in [4.78, 5) is 22.9. The summed E-state index contributed by atoms with van der Waals surface area (Å²) < 4.78 is 0. The molecule has 116 valence electrons. The lowest BCUT2D eigenvalue weighted by molar-refractivity contribution is -0.137. The highest BCUT2D eigenvalue weighted by Gasteiger charge is 2.27. The molecule has 1 aliphatic carbocycles. The van der Waals surface area contributed by atoms with Crippen LogP contribution in [0.2, 0.25) is 0 Å². The topological polar surface area (TPSA) is 78.4 Å². The van der Waals surface area contributed by atoms with Gasteiger partial charge >= 0.3 is 12.0 Å². The molecular weight excluding hydrogens is 276 g/mol. The number of carboxylic acids is 1. The average Bonchev–Trinajstić information content (AvgIpc) is 2.37. The van der Waals surface area contributed by atoms with Gasteiger partial charge in [-0.05, 0) is 25.0 Å². The number of hydrogen-bond donors (Lipinski definition) is 3. The third kappa shape index (κ3) is 5.61. The first-order chi connectivity index (χ1) is 9.43. The van der Waals surface area contributed by atoms with Gasteiger partial charge in [-0.2, -0.15) is 11.8 Å². The molecule has 1 aliphatic rings. The van der Waals surface area contributed by atoms with Crippen molar-refractivity contribution >= 4 is 23.8 Å². The number of carbonyl (C=O) groups is 2. The maximum atomic E-state index is 12.0. The lowest BCUT2D eigenvalue weighted by Crippen LogP contribution is -2.51. The summed E-state index contributed by atoms with van der Waals surface area (Å²) in [5.74, 6) is -0.789. The molecule has 0 heterocycles. The first kappa shape index (κ1) is 17.1. The fraction of sp³-hybridized carbons (Fsp3) is 0.857. The van der Waals surface area contributed by atoms with E-state index in [4.69, 9.17) is 5.11 Å². The predicted molar refractivity (Wildman–Crippen MR) is 82.1 cm³/mol. The van der Waals surface area contributed by atoms with Crippen molar-refractivity contribution in [3.8, 4) is 0 Å². The second-order valence-electron chi connectivity index (χ2n) is 5.73. The van der Waals surface area contributed by atoms with Crippen LogP contribution in [0.15, 0.2) is 0 Å². The fourth-order valence-corrected chi connectivity index (χ4v) is 3.50. The van der Waals surface area contributed by atoms with Gasteiger partial charge in [-0.1, -0.05) is 26.7 Å². The van der Waals surface area contributed by atoms with Gasteiger partial charge in [0.25, 0.3) is 0 Å². The molecule has 2 amide bonds. The summed E-state index contributed by atoms with van der Waals surface area (Å²) in [7, 11) is 0. The summed E-state index contributed by atoms with van der Waals surface area (Å²) in [6.07, 6.45) is 6.54. The number of urea groups is 1. The van der Waals surface area contributed by atoms with Gasteiger partial charge in [0.05, 0.1) is 6.42 Å². The van der Waals surface area contributed by atoms with E-state index < -0.39 is 5.97 Å². The number of hydrogen-bond acceptors (Lipinski definition) is 3.